The third-order valence-electron chi connectivity index (χ3n) is 6.05. The van der Waals surface area contributed by atoms with Gasteiger partial charge < -0.3 is 0 Å². The highest BCUT2D eigenvalue weighted by Crippen LogP contribution is 2.55. The van der Waals surface area contributed by atoms with Crippen LogP contribution in [0.25, 0.3) is 0 Å². The van der Waals surface area contributed by atoms with E-state index in [0.717, 1.165) is 23.2 Å². The van der Waals surface area contributed by atoms with Crippen LogP contribution >= 0.6 is 17.2 Å². The van der Waals surface area contributed by atoms with Crippen LogP contribution in [0.15, 0.2) is 0 Å². The smallest absolute Gasteiger partial charge is 0.0225 e. The SMILES string of the molecule is CCCCPC1CC(PCCCC)CC(C(C)C)(C(C)C)C1. The number of hydrogen-bond donors (Lipinski definition) is 0. The molecular formula is C20H42P2. The molecule has 0 saturated heterocycles. The molecule has 0 nitrogen and oxygen atoms in total. The predicted octanol–water partition coefficient (Wildman–Crippen LogP) is 7.16. The van der Waals surface area contributed by atoms with Crippen molar-refractivity contribution in [1.82, 2.24) is 0 Å². The zero-order valence-electron chi connectivity index (χ0n) is 16.2. The summed E-state index contributed by atoms with van der Waals surface area (Å²) in [7, 11) is 2.47. The van der Waals surface area contributed by atoms with Crippen molar-refractivity contribution in [3.63, 3.8) is 0 Å². The van der Waals surface area contributed by atoms with Gasteiger partial charge in [-0.2, -0.15) is 0 Å². The van der Waals surface area contributed by atoms with Crippen LogP contribution < -0.4 is 0 Å². The van der Waals surface area contributed by atoms with Crippen LogP contribution in [0.1, 0.15) is 86.5 Å². The molecule has 0 radical (unpaired) electrons. The molecule has 0 aromatic rings. The van der Waals surface area contributed by atoms with Crippen molar-refractivity contribution in [1.29, 1.82) is 0 Å². The van der Waals surface area contributed by atoms with E-state index >= 15 is 0 Å². The minimum atomic E-state index is 0.631. The minimum Gasteiger partial charge on any atom is -0.119 e. The highest BCUT2D eigenvalue weighted by Gasteiger charge is 2.44. The largest absolute Gasteiger partial charge is 0.119 e. The van der Waals surface area contributed by atoms with Gasteiger partial charge in [0.15, 0.2) is 0 Å². The summed E-state index contributed by atoms with van der Waals surface area (Å²) in [4.78, 5) is 0. The summed E-state index contributed by atoms with van der Waals surface area (Å²) in [6, 6.07) is 0. The fourth-order valence-electron chi connectivity index (χ4n) is 4.40. The van der Waals surface area contributed by atoms with Crippen molar-refractivity contribution < 1.29 is 0 Å². The summed E-state index contributed by atoms with van der Waals surface area (Å²) in [6.45, 7) is 14.7. The lowest BCUT2D eigenvalue weighted by Crippen LogP contribution is -2.43. The first-order valence-corrected chi connectivity index (χ1v) is 12.5. The van der Waals surface area contributed by atoms with Crippen molar-refractivity contribution in [3.05, 3.63) is 0 Å². The Hall–Kier alpha value is 0.860. The number of rotatable bonds is 10. The maximum Gasteiger partial charge on any atom is -0.0225 e. The van der Waals surface area contributed by atoms with E-state index in [1.54, 1.807) is 6.42 Å². The average Bonchev–Trinajstić information content (AvgIpc) is 2.47. The summed E-state index contributed by atoms with van der Waals surface area (Å²) < 4.78 is 0. The first-order valence-electron chi connectivity index (χ1n) is 9.93. The van der Waals surface area contributed by atoms with E-state index in [4.69, 9.17) is 0 Å². The molecule has 1 saturated carbocycles. The topological polar surface area (TPSA) is 0 Å². The quantitative estimate of drug-likeness (QED) is 0.291. The molecule has 0 bridgehead atoms. The first kappa shape index (κ1) is 20.9. The van der Waals surface area contributed by atoms with Gasteiger partial charge in [-0.25, -0.2) is 0 Å². The fraction of sp³-hybridized carbons (Fsp3) is 1.00. The number of unbranched alkanes of at least 4 members (excludes halogenated alkanes) is 2. The molecule has 22 heavy (non-hydrogen) atoms. The van der Waals surface area contributed by atoms with Gasteiger partial charge in [0.05, 0.1) is 0 Å². The van der Waals surface area contributed by atoms with Crippen molar-refractivity contribution in [3.8, 4) is 0 Å². The molecule has 0 spiro atoms. The van der Waals surface area contributed by atoms with Crippen LogP contribution in [0, 0.1) is 17.3 Å². The van der Waals surface area contributed by atoms with E-state index in [1.165, 1.54) is 68.0 Å². The monoisotopic (exact) mass is 344 g/mol. The Balaban J connectivity index is 2.74. The molecule has 1 aliphatic rings. The van der Waals surface area contributed by atoms with Crippen LogP contribution in [0.4, 0.5) is 0 Å². The van der Waals surface area contributed by atoms with Gasteiger partial charge in [-0.1, -0.05) is 54.4 Å². The molecule has 0 aliphatic heterocycles. The molecule has 1 aliphatic carbocycles. The van der Waals surface area contributed by atoms with Gasteiger partial charge in [0.1, 0.15) is 0 Å². The molecule has 0 heterocycles. The van der Waals surface area contributed by atoms with Crippen molar-refractivity contribution in [2.75, 3.05) is 12.3 Å². The van der Waals surface area contributed by atoms with Crippen molar-refractivity contribution >= 4 is 17.2 Å². The zero-order valence-corrected chi connectivity index (χ0v) is 18.2. The average molecular weight is 345 g/mol. The third kappa shape index (κ3) is 6.06. The van der Waals surface area contributed by atoms with Gasteiger partial charge in [0.2, 0.25) is 0 Å². The molecule has 2 heteroatoms. The predicted molar refractivity (Wildman–Crippen MR) is 110 cm³/mol. The van der Waals surface area contributed by atoms with Crippen LogP contribution in [-0.4, -0.2) is 23.6 Å². The Bertz CT molecular complexity index is 257. The minimum absolute atomic E-state index is 0.631. The lowest BCUT2D eigenvalue weighted by Gasteiger charge is -2.50. The molecule has 132 valence electrons. The molecule has 4 atom stereocenters. The van der Waals surface area contributed by atoms with Gasteiger partial charge in [0, 0.05) is 0 Å². The van der Waals surface area contributed by atoms with E-state index < -0.39 is 0 Å². The second-order valence-electron chi connectivity index (χ2n) is 8.20. The van der Waals surface area contributed by atoms with E-state index in [0.29, 0.717) is 5.41 Å². The third-order valence-corrected chi connectivity index (χ3v) is 9.37. The summed E-state index contributed by atoms with van der Waals surface area (Å²) in [5, 5.41) is 0. The molecule has 0 amide bonds. The van der Waals surface area contributed by atoms with Crippen LogP contribution in [0.5, 0.6) is 0 Å². The van der Waals surface area contributed by atoms with Crippen LogP contribution in [0.3, 0.4) is 0 Å². The lowest BCUT2D eigenvalue weighted by molar-refractivity contribution is 0.0638. The second-order valence-corrected chi connectivity index (χ2v) is 11.6. The van der Waals surface area contributed by atoms with Gasteiger partial charge in [-0.05, 0) is 73.0 Å². The van der Waals surface area contributed by atoms with Crippen LogP contribution in [0.2, 0.25) is 0 Å². The standard InChI is InChI=1S/C20H42P2/c1-7-9-11-21-18-13-19(22-12-10-8-2)15-20(14-18,16(3)4)17(5)6/h16-19,21-22H,7-15H2,1-6H3. The van der Waals surface area contributed by atoms with Gasteiger partial charge in [0.25, 0.3) is 0 Å². The normalized spacial score (nSPS) is 26.2. The van der Waals surface area contributed by atoms with Gasteiger partial charge >= 0.3 is 0 Å². The summed E-state index contributed by atoms with van der Waals surface area (Å²) in [5.74, 6) is 1.70. The molecule has 0 aromatic heterocycles. The molecular weight excluding hydrogens is 302 g/mol. The lowest BCUT2D eigenvalue weighted by atomic mass is 9.60. The highest BCUT2D eigenvalue weighted by atomic mass is 31.1. The van der Waals surface area contributed by atoms with Gasteiger partial charge in [-0.3, -0.25) is 0 Å². The van der Waals surface area contributed by atoms with Crippen molar-refractivity contribution in [2.45, 2.75) is 97.8 Å². The van der Waals surface area contributed by atoms with E-state index in [-0.39, 0.29) is 0 Å². The Labute approximate surface area is 144 Å². The molecule has 4 unspecified atom stereocenters. The Morgan fingerprint density at radius 1 is 0.818 bits per heavy atom. The maximum absolute atomic E-state index is 2.50. The molecule has 1 rings (SSSR count). The summed E-state index contributed by atoms with van der Waals surface area (Å²) in [5.41, 5.74) is 2.72. The summed E-state index contributed by atoms with van der Waals surface area (Å²) in [6.07, 6.45) is 13.3. The van der Waals surface area contributed by atoms with Crippen LogP contribution in [-0.2, 0) is 0 Å². The zero-order chi connectivity index (χ0) is 16.6. The Morgan fingerprint density at radius 2 is 1.23 bits per heavy atom. The molecule has 1 fully saturated rings. The highest BCUT2D eigenvalue weighted by molar-refractivity contribution is 7.40. The molecule has 0 aromatic carbocycles. The second kappa shape index (κ2) is 10.7. The Kier molecular flexibility index (Phi) is 10.1. The van der Waals surface area contributed by atoms with E-state index in [2.05, 4.69) is 41.5 Å². The van der Waals surface area contributed by atoms with Crippen molar-refractivity contribution in [2.24, 2.45) is 17.3 Å². The Morgan fingerprint density at radius 3 is 1.55 bits per heavy atom. The van der Waals surface area contributed by atoms with E-state index in [1.807, 2.05) is 0 Å². The summed E-state index contributed by atoms with van der Waals surface area (Å²) >= 11 is 0. The van der Waals surface area contributed by atoms with E-state index in [9.17, 15) is 0 Å². The number of hydrogen-bond acceptors (Lipinski definition) is 0. The molecule has 0 N–H and O–H groups in total. The van der Waals surface area contributed by atoms with Gasteiger partial charge in [-0.15, -0.1) is 17.2 Å². The first-order chi connectivity index (χ1) is 10.5. The fourth-order valence-corrected chi connectivity index (χ4v) is 8.52. The maximum atomic E-state index is 2.50.